The van der Waals surface area contributed by atoms with Gasteiger partial charge < -0.3 is 5.73 Å². The maximum Gasteiger partial charge on any atom is 0.0309 e. The van der Waals surface area contributed by atoms with Crippen LogP contribution in [-0.4, -0.2) is 5.88 Å². The second-order valence-electron chi connectivity index (χ2n) is 3.09. The van der Waals surface area contributed by atoms with Gasteiger partial charge in [-0.15, -0.1) is 11.6 Å². The largest absolute Gasteiger partial charge is 0.324 e. The minimum Gasteiger partial charge on any atom is -0.324 e. The van der Waals surface area contributed by atoms with Gasteiger partial charge in [0.05, 0.1) is 0 Å². The molecule has 0 spiro atoms. The fourth-order valence-corrected chi connectivity index (χ4v) is 1.90. The summed E-state index contributed by atoms with van der Waals surface area (Å²) in [5.74, 6) is 0.604. The van der Waals surface area contributed by atoms with Crippen molar-refractivity contribution in [3.8, 4) is 0 Å². The van der Waals surface area contributed by atoms with E-state index in [0.29, 0.717) is 5.88 Å². The molecule has 0 saturated heterocycles. The van der Waals surface area contributed by atoms with Crippen LogP contribution in [0.1, 0.15) is 23.6 Å². The summed E-state index contributed by atoms with van der Waals surface area (Å²) in [6.45, 7) is 2.07. The summed E-state index contributed by atoms with van der Waals surface area (Å²) in [6.07, 6.45) is 0.818. The van der Waals surface area contributed by atoms with E-state index in [-0.39, 0.29) is 6.04 Å². The molecule has 1 aromatic carbocycles. The predicted octanol–water partition coefficient (Wildman–Crippen LogP) is 3.39. The van der Waals surface area contributed by atoms with Crippen molar-refractivity contribution in [2.75, 3.05) is 5.88 Å². The second kappa shape index (κ2) is 4.99. The maximum absolute atomic E-state index is 5.97. The molecule has 1 atom stereocenters. The average molecular weight is 263 g/mol. The van der Waals surface area contributed by atoms with Crippen LogP contribution in [-0.2, 0) is 0 Å². The van der Waals surface area contributed by atoms with Crippen LogP contribution in [0.2, 0.25) is 0 Å². The highest BCUT2D eigenvalue weighted by atomic mass is 79.9. The zero-order valence-electron chi connectivity index (χ0n) is 7.56. The lowest BCUT2D eigenvalue weighted by Gasteiger charge is -2.13. The molecule has 0 aliphatic heterocycles. The molecule has 72 valence electrons. The van der Waals surface area contributed by atoms with Crippen LogP contribution in [0.25, 0.3) is 0 Å². The molecular weight excluding hydrogens is 249 g/mol. The van der Waals surface area contributed by atoms with E-state index in [2.05, 4.69) is 35.0 Å². The highest BCUT2D eigenvalue weighted by Gasteiger charge is 2.08. The van der Waals surface area contributed by atoms with E-state index in [0.717, 1.165) is 10.9 Å². The van der Waals surface area contributed by atoms with Gasteiger partial charge in [-0.25, -0.2) is 0 Å². The molecule has 1 aromatic rings. The summed E-state index contributed by atoms with van der Waals surface area (Å²) < 4.78 is 1.07. The maximum atomic E-state index is 5.97. The Labute approximate surface area is 92.4 Å². The summed E-state index contributed by atoms with van der Waals surface area (Å²) in [5, 5.41) is 0. The minimum atomic E-state index is 0.0509. The zero-order valence-corrected chi connectivity index (χ0v) is 9.90. The van der Waals surface area contributed by atoms with Crippen LogP contribution in [0, 0.1) is 6.92 Å². The Bertz CT molecular complexity index is 288. The quantitative estimate of drug-likeness (QED) is 0.830. The zero-order chi connectivity index (χ0) is 9.84. The van der Waals surface area contributed by atoms with E-state index >= 15 is 0 Å². The molecule has 0 amide bonds. The van der Waals surface area contributed by atoms with Gasteiger partial charge in [0.25, 0.3) is 0 Å². The first-order valence-electron chi connectivity index (χ1n) is 4.22. The third-order valence-corrected chi connectivity index (χ3v) is 2.77. The number of nitrogens with two attached hydrogens (primary N) is 1. The molecule has 2 N–H and O–H groups in total. The first-order chi connectivity index (χ1) is 6.15. The van der Waals surface area contributed by atoms with Gasteiger partial charge in [0.15, 0.2) is 0 Å². The monoisotopic (exact) mass is 261 g/mol. The van der Waals surface area contributed by atoms with Crippen molar-refractivity contribution < 1.29 is 0 Å². The Kier molecular flexibility index (Phi) is 4.23. The van der Waals surface area contributed by atoms with Crippen molar-refractivity contribution in [2.45, 2.75) is 19.4 Å². The average Bonchev–Trinajstić information content (AvgIpc) is 2.09. The number of hydrogen-bond acceptors (Lipinski definition) is 1. The topological polar surface area (TPSA) is 26.0 Å². The fourth-order valence-electron chi connectivity index (χ4n) is 1.28. The van der Waals surface area contributed by atoms with Crippen LogP contribution in [0.5, 0.6) is 0 Å². The van der Waals surface area contributed by atoms with Crippen molar-refractivity contribution in [1.82, 2.24) is 0 Å². The summed E-state index contributed by atoms with van der Waals surface area (Å²) in [5.41, 5.74) is 8.37. The van der Waals surface area contributed by atoms with Crippen molar-refractivity contribution in [3.05, 3.63) is 33.8 Å². The standard InChI is InChI=1S/C10H13BrClN/c1-7-2-3-8(11)6-9(7)10(13)4-5-12/h2-3,6,10H,4-5,13H2,1H3. The molecule has 0 bridgehead atoms. The van der Waals surface area contributed by atoms with Crippen molar-refractivity contribution in [2.24, 2.45) is 5.73 Å². The number of rotatable bonds is 3. The van der Waals surface area contributed by atoms with Crippen molar-refractivity contribution in [1.29, 1.82) is 0 Å². The molecule has 0 aliphatic rings. The smallest absolute Gasteiger partial charge is 0.0309 e. The molecule has 0 aromatic heterocycles. The van der Waals surface area contributed by atoms with E-state index in [9.17, 15) is 0 Å². The van der Waals surface area contributed by atoms with Gasteiger partial charge in [0.1, 0.15) is 0 Å². The van der Waals surface area contributed by atoms with Gasteiger partial charge in [0.2, 0.25) is 0 Å². The van der Waals surface area contributed by atoms with E-state index in [4.69, 9.17) is 17.3 Å². The van der Waals surface area contributed by atoms with Crippen LogP contribution in [0.15, 0.2) is 22.7 Å². The van der Waals surface area contributed by atoms with Crippen molar-refractivity contribution in [3.63, 3.8) is 0 Å². The second-order valence-corrected chi connectivity index (χ2v) is 4.38. The molecule has 13 heavy (non-hydrogen) atoms. The molecule has 0 fully saturated rings. The predicted molar refractivity (Wildman–Crippen MR) is 61.1 cm³/mol. The molecule has 0 radical (unpaired) electrons. The van der Waals surface area contributed by atoms with Crippen LogP contribution < -0.4 is 5.73 Å². The van der Waals surface area contributed by atoms with Gasteiger partial charge >= 0.3 is 0 Å². The summed E-state index contributed by atoms with van der Waals surface area (Å²) in [4.78, 5) is 0. The highest BCUT2D eigenvalue weighted by molar-refractivity contribution is 9.10. The molecule has 0 saturated carbocycles. The van der Waals surface area contributed by atoms with Crippen molar-refractivity contribution >= 4 is 27.5 Å². The van der Waals surface area contributed by atoms with Gasteiger partial charge in [0, 0.05) is 16.4 Å². The molecule has 0 heterocycles. The van der Waals surface area contributed by atoms with Crippen LogP contribution in [0.4, 0.5) is 0 Å². The molecule has 0 aliphatic carbocycles. The Morgan fingerprint density at radius 3 is 2.85 bits per heavy atom. The number of aryl methyl sites for hydroxylation is 1. The minimum absolute atomic E-state index is 0.0509. The summed E-state index contributed by atoms with van der Waals surface area (Å²) in [6, 6.07) is 6.20. The molecular formula is C10H13BrClN. The van der Waals surface area contributed by atoms with Gasteiger partial charge in [-0.1, -0.05) is 22.0 Å². The Morgan fingerprint density at radius 2 is 2.23 bits per heavy atom. The molecule has 3 heteroatoms. The SMILES string of the molecule is Cc1ccc(Br)cc1C(N)CCCl. The summed E-state index contributed by atoms with van der Waals surface area (Å²) in [7, 11) is 0. The molecule has 1 unspecified atom stereocenters. The van der Waals surface area contributed by atoms with E-state index in [1.54, 1.807) is 0 Å². The number of hydrogen-bond donors (Lipinski definition) is 1. The third kappa shape index (κ3) is 2.97. The first-order valence-corrected chi connectivity index (χ1v) is 5.55. The summed E-state index contributed by atoms with van der Waals surface area (Å²) >= 11 is 9.07. The van der Waals surface area contributed by atoms with E-state index < -0.39 is 0 Å². The lowest BCUT2D eigenvalue weighted by atomic mass is 10.0. The van der Waals surface area contributed by atoms with Gasteiger partial charge in [-0.05, 0) is 36.6 Å². The number of alkyl halides is 1. The number of halogens is 2. The van der Waals surface area contributed by atoms with Crippen LogP contribution >= 0.6 is 27.5 Å². The van der Waals surface area contributed by atoms with Crippen LogP contribution in [0.3, 0.4) is 0 Å². The Balaban J connectivity index is 2.91. The Morgan fingerprint density at radius 1 is 1.54 bits per heavy atom. The Hall–Kier alpha value is -0.0500. The lowest BCUT2D eigenvalue weighted by molar-refractivity contribution is 0.697. The fraction of sp³-hybridized carbons (Fsp3) is 0.400. The van der Waals surface area contributed by atoms with Gasteiger partial charge in [-0.2, -0.15) is 0 Å². The van der Waals surface area contributed by atoms with E-state index in [1.165, 1.54) is 11.1 Å². The number of benzene rings is 1. The normalized spacial score (nSPS) is 12.9. The lowest BCUT2D eigenvalue weighted by Crippen LogP contribution is -2.12. The highest BCUT2D eigenvalue weighted by Crippen LogP contribution is 2.22. The third-order valence-electron chi connectivity index (χ3n) is 2.06. The van der Waals surface area contributed by atoms with E-state index in [1.807, 2.05) is 6.07 Å². The first kappa shape index (κ1) is 11.0. The molecule has 1 rings (SSSR count). The molecule has 1 nitrogen and oxygen atoms in total. The van der Waals surface area contributed by atoms with Gasteiger partial charge in [-0.3, -0.25) is 0 Å².